The van der Waals surface area contributed by atoms with E-state index in [9.17, 15) is 4.79 Å². The molecule has 3 nitrogen and oxygen atoms in total. The minimum atomic E-state index is -0.216. The molecule has 0 atom stereocenters. The minimum absolute atomic E-state index is 0.0118. The lowest BCUT2D eigenvalue weighted by Gasteiger charge is -2.36. The zero-order chi connectivity index (χ0) is 14.0. The second kappa shape index (κ2) is 5.65. The van der Waals surface area contributed by atoms with E-state index in [2.05, 4.69) is 5.32 Å². The Hall–Kier alpha value is -1.22. The Labute approximate surface area is 124 Å². The molecule has 1 saturated carbocycles. The lowest BCUT2D eigenvalue weighted by Crippen LogP contribution is -2.51. The summed E-state index contributed by atoms with van der Waals surface area (Å²) < 4.78 is 5.47. The molecule has 1 aliphatic heterocycles. The van der Waals surface area contributed by atoms with Crippen LogP contribution in [0.25, 0.3) is 0 Å². The molecule has 1 amide bonds. The summed E-state index contributed by atoms with van der Waals surface area (Å²) >= 11 is 6.13. The van der Waals surface area contributed by atoms with Crippen molar-refractivity contribution in [2.24, 2.45) is 0 Å². The van der Waals surface area contributed by atoms with Crippen LogP contribution in [0.15, 0.2) is 18.2 Å². The number of hydrogen-bond acceptors (Lipinski definition) is 2. The number of fused-ring (bicyclic) bond motifs is 1. The second-order valence-electron chi connectivity index (χ2n) is 5.85. The fourth-order valence-electron chi connectivity index (χ4n) is 3.16. The van der Waals surface area contributed by atoms with Gasteiger partial charge in [0, 0.05) is 17.9 Å². The smallest absolute Gasteiger partial charge is 0.251 e. The zero-order valence-electron chi connectivity index (χ0n) is 11.6. The molecule has 1 aromatic rings. The number of rotatable bonds is 3. The molecule has 0 saturated heterocycles. The van der Waals surface area contributed by atoms with E-state index in [1.165, 1.54) is 6.42 Å². The van der Waals surface area contributed by atoms with E-state index in [1.54, 1.807) is 0 Å². The molecule has 4 heteroatoms. The van der Waals surface area contributed by atoms with Crippen molar-refractivity contribution in [2.75, 3.05) is 12.5 Å². The van der Waals surface area contributed by atoms with Gasteiger partial charge in [0.2, 0.25) is 0 Å². The number of alkyl halides is 1. The molecule has 1 aromatic carbocycles. The molecule has 0 unspecified atom stereocenters. The van der Waals surface area contributed by atoms with Gasteiger partial charge in [0.15, 0.2) is 0 Å². The van der Waals surface area contributed by atoms with E-state index in [4.69, 9.17) is 16.3 Å². The lowest BCUT2D eigenvalue weighted by atomic mass is 9.83. The van der Waals surface area contributed by atoms with Crippen LogP contribution in [0.3, 0.4) is 0 Å². The van der Waals surface area contributed by atoms with Crippen LogP contribution in [0.2, 0.25) is 0 Å². The van der Waals surface area contributed by atoms with Gasteiger partial charge >= 0.3 is 0 Å². The van der Waals surface area contributed by atoms with Crippen molar-refractivity contribution >= 4 is 17.5 Å². The number of halogens is 1. The fourth-order valence-corrected chi connectivity index (χ4v) is 3.50. The first-order valence-electron chi connectivity index (χ1n) is 7.37. The molecule has 1 heterocycles. The number of hydrogen-bond donors (Lipinski definition) is 1. The maximum absolute atomic E-state index is 12.5. The quantitative estimate of drug-likeness (QED) is 0.869. The minimum Gasteiger partial charge on any atom is -0.493 e. The summed E-state index contributed by atoms with van der Waals surface area (Å²) in [5, 5.41) is 3.18. The zero-order valence-corrected chi connectivity index (χ0v) is 12.3. The Kier molecular flexibility index (Phi) is 3.88. The molecular formula is C16H20ClNO2. The standard InChI is InChI=1S/C16H20ClNO2/c17-11-16(7-2-1-3-8-16)18-15(19)13-4-5-14-12(10-13)6-9-20-14/h4-5,10H,1-3,6-9,11H2,(H,18,19). The summed E-state index contributed by atoms with van der Waals surface area (Å²) in [6.07, 6.45) is 6.38. The van der Waals surface area contributed by atoms with Gasteiger partial charge in [-0.1, -0.05) is 19.3 Å². The summed E-state index contributed by atoms with van der Waals surface area (Å²) in [7, 11) is 0. The van der Waals surface area contributed by atoms with Crippen molar-refractivity contribution < 1.29 is 9.53 Å². The normalized spacial score (nSPS) is 20.1. The summed E-state index contributed by atoms with van der Waals surface area (Å²) in [5.74, 6) is 1.39. The third-order valence-corrected chi connectivity index (χ3v) is 4.91. The van der Waals surface area contributed by atoms with E-state index < -0.39 is 0 Å². The first-order valence-corrected chi connectivity index (χ1v) is 7.90. The molecule has 0 aromatic heterocycles. The highest BCUT2D eigenvalue weighted by atomic mass is 35.5. The van der Waals surface area contributed by atoms with Gasteiger partial charge in [0.05, 0.1) is 12.1 Å². The van der Waals surface area contributed by atoms with Crippen LogP contribution in [0.4, 0.5) is 0 Å². The summed E-state index contributed by atoms with van der Waals surface area (Å²) in [6.45, 7) is 0.714. The van der Waals surface area contributed by atoms with Crippen molar-refractivity contribution in [2.45, 2.75) is 44.1 Å². The van der Waals surface area contributed by atoms with E-state index in [1.807, 2.05) is 18.2 Å². The van der Waals surface area contributed by atoms with Crippen LogP contribution in [0.1, 0.15) is 48.0 Å². The average molecular weight is 294 g/mol. The predicted octanol–water partition coefficient (Wildman–Crippen LogP) is 3.29. The van der Waals surface area contributed by atoms with Crippen LogP contribution < -0.4 is 10.1 Å². The van der Waals surface area contributed by atoms with Crippen molar-refractivity contribution in [1.82, 2.24) is 5.32 Å². The largest absolute Gasteiger partial charge is 0.493 e. The Morgan fingerprint density at radius 2 is 2.10 bits per heavy atom. The molecule has 2 aliphatic rings. The molecule has 0 spiro atoms. The van der Waals surface area contributed by atoms with E-state index in [-0.39, 0.29) is 11.4 Å². The van der Waals surface area contributed by atoms with Gasteiger partial charge in [-0.3, -0.25) is 4.79 Å². The third kappa shape index (κ3) is 2.64. The summed E-state index contributed by atoms with van der Waals surface area (Å²) in [6, 6.07) is 5.68. The van der Waals surface area contributed by atoms with Crippen LogP contribution >= 0.6 is 11.6 Å². The number of ether oxygens (including phenoxy) is 1. The maximum Gasteiger partial charge on any atom is 0.251 e. The molecule has 1 aliphatic carbocycles. The molecule has 108 valence electrons. The SMILES string of the molecule is O=C(NC1(CCl)CCCCC1)c1ccc2c(c1)CCO2. The maximum atomic E-state index is 12.5. The Morgan fingerprint density at radius 1 is 1.30 bits per heavy atom. The number of carbonyl (C=O) groups is 1. The molecule has 0 radical (unpaired) electrons. The van der Waals surface area contributed by atoms with Gasteiger partial charge in [-0.25, -0.2) is 0 Å². The molecule has 1 N–H and O–H groups in total. The summed E-state index contributed by atoms with van der Waals surface area (Å²) in [4.78, 5) is 12.5. The van der Waals surface area contributed by atoms with Crippen LogP contribution in [-0.2, 0) is 6.42 Å². The molecule has 20 heavy (non-hydrogen) atoms. The average Bonchev–Trinajstić information content (AvgIpc) is 2.95. The van der Waals surface area contributed by atoms with Crippen molar-refractivity contribution in [3.8, 4) is 5.75 Å². The van der Waals surface area contributed by atoms with Crippen molar-refractivity contribution in [1.29, 1.82) is 0 Å². The molecule has 1 fully saturated rings. The second-order valence-corrected chi connectivity index (χ2v) is 6.12. The van der Waals surface area contributed by atoms with Gasteiger partial charge in [-0.15, -0.1) is 11.6 Å². The van der Waals surface area contributed by atoms with Gasteiger partial charge in [-0.05, 0) is 36.6 Å². The number of benzene rings is 1. The Bertz CT molecular complexity index is 509. The number of carbonyl (C=O) groups excluding carboxylic acids is 1. The third-order valence-electron chi connectivity index (χ3n) is 4.40. The van der Waals surface area contributed by atoms with Crippen LogP contribution in [0.5, 0.6) is 5.75 Å². The first-order chi connectivity index (χ1) is 9.72. The number of amides is 1. The topological polar surface area (TPSA) is 38.3 Å². The fraction of sp³-hybridized carbons (Fsp3) is 0.562. The lowest BCUT2D eigenvalue weighted by molar-refractivity contribution is 0.0884. The highest BCUT2D eigenvalue weighted by Crippen LogP contribution is 2.30. The van der Waals surface area contributed by atoms with E-state index in [0.29, 0.717) is 18.1 Å². The highest BCUT2D eigenvalue weighted by Gasteiger charge is 2.33. The Balaban J connectivity index is 1.75. The molecule has 0 bridgehead atoms. The van der Waals surface area contributed by atoms with Gasteiger partial charge in [0.25, 0.3) is 5.91 Å². The van der Waals surface area contributed by atoms with Crippen LogP contribution in [0, 0.1) is 0 Å². The van der Waals surface area contributed by atoms with Crippen LogP contribution in [-0.4, -0.2) is 23.9 Å². The highest BCUT2D eigenvalue weighted by molar-refractivity contribution is 6.19. The monoisotopic (exact) mass is 293 g/mol. The Morgan fingerprint density at radius 3 is 2.85 bits per heavy atom. The van der Waals surface area contributed by atoms with Gasteiger partial charge < -0.3 is 10.1 Å². The molecule has 3 rings (SSSR count). The van der Waals surface area contributed by atoms with E-state index >= 15 is 0 Å². The van der Waals surface area contributed by atoms with Gasteiger partial charge in [-0.2, -0.15) is 0 Å². The number of nitrogens with one attached hydrogen (secondary N) is 1. The summed E-state index contributed by atoms with van der Waals surface area (Å²) in [5.41, 5.74) is 1.62. The molecular weight excluding hydrogens is 274 g/mol. The van der Waals surface area contributed by atoms with Gasteiger partial charge in [0.1, 0.15) is 5.75 Å². The first kappa shape index (κ1) is 13.7. The predicted molar refractivity (Wildman–Crippen MR) is 79.6 cm³/mol. The van der Waals surface area contributed by atoms with E-state index in [0.717, 1.165) is 43.4 Å². The van der Waals surface area contributed by atoms with Crippen molar-refractivity contribution in [3.63, 3.8) is 0 Å². The van der Waals surface area contributed by atoms with Crippen molar-refractivity contribution in [3.05, 3.63) is 29.3 Å².